The molecule has 3 heteroatoms. The first kappa shape index (κ1) is 14.2. The molecule has 1 unspecified atom stereocenters. The first-order valence-electron chi connectivity index (χ1n) is 5.77. The van der Waals surface area contributed by atoms with Gasteiger partial charge in [-0.3, -0.25) is 0 Å². The molecule has 0 aliphatic rings. The summed E-state index contributed by atoms with van der Waals surface area (Å²) in [6.45, 7) is 9.18. The van der Waals surface area contributed by atoms with Gasteiger partial charge in [0.2, 0.25) is 0 Å². The van der Waals surface area contributed by atoms with Crippen molar-refractivity contribution in [2.24, 2.45) is 0 Å². The molecule has 1 N–H and O–H groups in total. The molecular weight excluding hydrogens is 190 g/mol. The van der Waals surface area contributed by atoms with E-state index in [1.165, 1.54) is 18.9 Å². The number of esters is 1. The van der Waals surface area contributed by atoms with E-state index >= 15 is 0 Å². The highest BCUT2D eigenvalue weighted by Gasteiger charge is 2.05. The summed E-state index contributed by atoms with van der Waals surface area (Å²) >= 11 is 0. The minimum absolute atomic E-state index is 0.335. The highest BCUT2D eigenvalue weighted by atomic mass is 16.5. The Morgan fingerprint density at radius 3 is 2.80 bits per heavy atom. The van der Waals surface area contributed by atoms with Crippen LogP contribution in [0.2, 0.25) is 0 Å². The van der Waals surface area contributed by atoms with Crippen molar-refractivity contribution in [1.82, 2.24) is 5.32 Å². The van der Waals surface area contributed by atoms with Gasteiger partial charge in [-0.2, -0.15) is 0 Å². The number of carbonyl (C=O) groups excluding carboxylic acids is 1. The van der Waals surface area contributed by atoms with Crippen LogP contribution in [0.1, 0.15) is 39.5 Å². The van der Waals surface area contributed by atoms with Crippen LogP contribution in [0, 0.1) is 0 Å². The van der Waals surface area contributed by atoms with Gasteiger partial charge in [0.25, 0.3) is 0 Å². The van der Waals surface area contributed by atoms with Crippen LogP contribution >= 0.6 is 0 Å². The molecule has 0 radical (unpaired) electrons. The van der Waals surface area contributed by atoms with Gasteiger partial charge in [0.1, 0.15) is 0 Å². The predicted octanol–water partition coefficient (Wildman–Crippen LogP) is 2.27. The molecule has 0 saturated heterocycles. The fourth-order valence-corrected chi connectivity index (χ4v) is 1.29. The summed E-state index contributed by atoms with van der Waals surface area (Å²) < 4.78 is 4.93. The molecule has 0 bridgehead atoms. The van der Waals surface area contributed by atoms with Gasteiger partial charge in [-0.1, -0.05) is 26.8 Å². The third kappa shape index (κ3) is 8.18. The molecule has 15 heavy (non-hydrogen) atoms. The normalized spacial score (nSPS) is 12.1. The Morgan fingerprint density at radius 1 is 1.53 bits per heavy atom. The van der Waals surface area contributed by atoms with Gasteiger partial charge in [0.05, 0.1) is 6.61 Å². The van der Waals surface area contributed by atoms with Crippen molar-refractivity contribution in [2.75, 3.05) is 13.2 Å². The lowest BCUT2D eigenvalue weighted by atomic mass is 10.1. The zero-order valence-corrected chi connectivity index (χ0v) is 9.92. The second-order valence-electron chi connectivity index (χ2n) is 3.57. The molecule has 0 aromatic heterocycles. The number of hydrogen-bond donors (Lipinski definition) is 1. The molecule has 0 heterocycles. The molecule has 88 valence electrons. The maximum absolute atomic E-state index is 10.8. The molecular formula is C12H23NO2. The number of nitrogens with one attached hydrogen (secondary N) is 1. The van der Waals surface area contributed by atoms with Gasteiger partial charge < -0.3 is 10.1 Å². The summed E-state index contributed by atoms with van der Waals surface area (Å²) in [5.41, 5.74) is 0. The SMILES string of the molecule is C=CC(=O)OCCC(CC)NCCCC. The Hall–Kier alpha value is -0.830. The summed E-state index contributed by atoms with van der Waals surface area (Å²) in [7, 11) is 0. The van der Waals surface area contributed by atoms with E-state index in [0.29, 0.717) is 12.6 Å². The second-order valence-corrected chi connectivity index (χ2v) is 3.57. The summed E-state index contributed by atoms with van der Waals surface area (Å²) in [6, 6.07) is 0.453. The highest BCUT2D eigenvalue weighted by molar-refractivity contribution is 5.81. The molecule has 0 saturated carbocycles. The smallest absolute Gasteiger partial charge is 0.330 e. The second kappa shape index (κ2) is 9.71. The number of ether oxygens (including phenoxy) is 1. The molecule has 0 spiro atoms. The monoisotopic (exact) mass is 213 g/mol. The fourth-order valence-electron chi connectivity index (χ4n) is 1.29. The van der Waals surface area contributed by atoms with E-state index in [-0.39, 0.29) is 5.97 Å². The highest BCUT2D eigenvalue weighted by Crippen LogP contribution is 1.99. The van der Waals surface area contributed by atoms with E-state index < -0.39 is 0 Å². The third-order valence-electron chi connectivity index (χ3n) is 2.33. The van der Waals surface area contributed by atoms with Crippen molar-refractivity contribution in [3.8, 4) is 0 Å². The Bertz CT molecular complexity index is 180. The number of hydrogen-bond acceptors (Lipinski definition) is 3. The summed E-state index contributed by atoms with van der Waals surface area (Å²) in [4.78, 5) is 10.8. The molecule has 0 aromatic rings. The van der Waals surface area contributed by atoms with E-state index in [2.05, 4.69) is 25.7 Å². The van der Waals surface area contributed by atoms with Crippen molar-refractivity contribution >= 4 is 5.97 Å². The molecule has 0 aliphatic carbocycles. The van der Waals surface area contributed by atoms with E-state index in [1.54, 1.807) is 0 Å². The van der Waals surface area contributed by atoms with Gasteiger partial charge in [0, 0.05) is 12.1 Å². The van der Waals surface area contributed by atoms with Crippen molar-refractivity contribution in [3.05, 3.63) is 12.7 Å². The standard InChI is InChI=1S/C12H23NO2/c1-4-7-9-13-11(5-2)8-10-15-12(14)6-3/h6,11,13H,3-5,7-10H2,1-2H3. The Morgan fingerprint density at radius 2 is 2.27 bits per heavy atom. The molecule has 0 aromatic carbocycles. The van der Waals surface area contributed by atoms with Crippen LogP contribution in [0.25, 0.3) is 0 Å². The van der Waals surface area contributed by atoms with Crippen LogP contribution in [0.3, 0.4) is 0 Å². The molecule has 0 aliphatic heterocycles. The van der Waals surface area contributed by atoms with Crippen LogP contribution < -0.4 is 5.32 Å². The number of carbonyl (C=O) groups is 1. The Balaban J connectivity index is 3.51. The van der Waals surface area contributed by atoms with Crippen LogP contribution in [0.5, 0.6) is 0 Å². The van der Waals surface area contributed by atoms with E-state index in [0.717, 1.165) is 19.4 Å². The van der Waals surface area contributed by atoms with Gasteiger partial charge in [-0.25, -0.2) is 4.79 Å². The first-order chi connectivity index (χ1) is 7.24. The topological polar surface area (TPSA) is 38.3 Å². The summed E-state index contributed by atoms with van der Waals surface area (Å²) in [6.07, 6.45) is 5.54. The van der Waals surface area contributed by atoms with Crippen molar-refractivity contribution in [1.29, 1.82) is 0 Å². The zero-order chi connectivity index (χ0) is 11.5. The van der Waals surface area contributed by atoms with Crippen molar-refractivity contribution in [2.45, 2.75) is 45.6 Å². The summed E-state index contributed by atoms with van der Waals surface area (Å²) in [5, 5.41) is 3.44. The maximum atomic E-state index is 10.8. The average molecular weight is 213 g/mol. The third-order valence-corrected chi connectivity index (χ3v) is 2.33. The molecule has 0 fully saturated rings. The lowest BCUT2D eigenvalue weighted by Crippen LogP contribution is -2.30. The first-order valence-corrected chi connectivity index (χ1v) is 5.77. The quantitative estimate of drug-likeness (QED) is 0.363. The van der Waals surface area contributed by atoms with E-state index in [4.69, 9.17) is 4.74 Å². The van der Waals surface area contributed by atoms with Crippen molar-refractivity contribution in [3.63, 3.8) is 0 Å². The molecule has 0 amide bonds. The van der Waals surface area contributed by atoms with Crippen LogP contribution in [-0.2, 0) is 9.53 Å². The van der Waals surface area contributed by atoms with Crippen LogP contribution in [0.4, 0.5) is 0 Å². The number of rotatable bonds is 9. The summed E-state index contributed by atoms with van der Waals surface area (Å²) in [5.74, 6) is -0.335. The minimum Gasteiger partial charge on any atom is -0.462 e. The lowest BCUT2D eigenvalue weighted by Gasteiger charge is -2.16. The Labute approximate surface area is 92.9 Å². The van der Waals surface area contributed by atoms with Gasteiger partial charge in [-0.15, -0.1) is 0 Å². The molecule has 1 atom stereocenters. The van der Waals surface area contributed by atoms with Crippen molar-refractivity contribution < 1.29 is 9.53 Å². The Kier molecular flexibility index (Phi) is 9.18. The fraction of sp³-hybridized carbons (Fsp3) is 0.750. The van der Waals surface area contributed by atoms with Crippen LogP contribution in [0.15, 0.2) is 12.7 Å². The van der Waals surface area contributed by atoms with Gasteiger partial charge in [-0.05, 0) is 25.8 Å². The van der Waals surface area contributed by atoms with Gasteiger partial charge in [0.15, 0.2) is 0 Å². The lowest BCUT2D eigenvalue weighted by molar-refractivity contribution is -0.137. The maximum Gasteiger partial charge on any atom is 0.330 e. The van der Waals surface area contributed by atoms with Crippen LogP contribution in [-0.4, -0.2) is 25.2 Å². The zero-order valence-electron chi connectivity index (χ0n) is 9.92. The van der Waals surface area contributed by atoms with E-state index in [9.17, 15) is 4.79 Å². The van der Waals surface area contributed by atoms with Gasteiger partial charge >= 0.3 is 5.97 Å². The number of unbranched alkanes of at least 4 members (excludes halogenated alkanes) is 1. The average Bonchev–Trinajstić information content (AvgIpc) is 2.26. The minimum atomic E-state index is -0.335. The molecule has 0 rings (SSSR count). The largest absolute Gasteiger partial charge is 0.462 e. The predicted molar refractivity (Wildman–Crippen MR) is 62.8 cm³/mol. The molecule has 3 nitrogen and oxygen atoms in total. The van der Waals surface area contributed by atoms with E-state index in [1.807, 2.05) is 0 Å².